The molecule has 1 rings (SSSR count). The van der Waals surface area contributed by atoms with Crippen LogP contribution in [0, 0.1) is 6.92 Å². The minimum atomic E-state index is -0.322. The topological polar surface area (TPSA) is 66.9 Å². The average molecular weight is 264 g/mol. The largest absolute Gasteiger partial charge is 0.359 e. The second-order valence-electron chi connectivity index (χ2n) is 5.44. The van der Waals surface area contributed by atoms with Gasteiger partial charge in [0.05, 0.1) is 0 Å². The van der Waals surface area contributed by atoms with Crippen molar-refractivity contribution in [1.29, 1.82) is 0 Å². The Bertz CT molecular complexity index is 443. The summed E-state index contributed by atoms with van der Waals surface area (Å²) in [4.78, 5) is 20.7. The summed E-state index contributed by atoms with van der Waals surface area (Å²) in [6, 6.07) is 1.66. The number of hydrogen-bond donors (Lipinski definition) is 2. The fraction of sp³-hybridized carbons (Fsp3) is 0.643. The molecule has 0 aliphatic rings. The quantitative estimate of drug-likeness (QED) is 0.856. The van der Waals surface area contributed by atoms with Gasteiger partial charge in [-0.05, 0) is 27.7 Å². The summed E-state index contributed by atoms with van der Waals surface area (Å²) in [5.41, 5.74) is 0.901. The van der Waals surface area contributed by atoms with Gasteiger partial charge in [0.1, 0.15) is 17.7 Å². The van der Waals surface area contributed by atoms with Crippen molar-refractivity contribution in [2.24, 2.45) is 0 Å². The number of carbonyl (C=O) groups excluding carboxylic acids is 1. The van der Waals surface area contributed by atoms with E-state index in [4.69, 9.17) is 0 Å². The SMILES string of the molecule is Cc1cc(NC(C)C(=O)NC(C)C)nc(C(C)C)n1. The third-order valence-corrected chi connectivity index (χ3v) is 2.58. The first-order valence-electron chi connectivity index (χ1n) is 6.72. The number of rotatable bonds is 5. The van der Waals surface area contributed by atoms with Gasteiger partial charge >= 0.3 is 0 Å². The van der Waals surface area contributed by atoms with Crippen molar-refractivity contribution in [2.45, 2.75) is 59.5 Å². The number of nitrogens with zero attached hydrogens (tertiary/aromatic N) is 2. The van der Waals surface area contributed by atoms with Crippen LogP contribution in [0.1, 0.15) is 52.1 Å². The van der Waals surface area contributed by atoms with Gasteiger partial charge in [-0.25, -0.2) is 9.97 Å². The van der Waals surface area contributed by atoms with E-state index in [1.807, 2.05) is 47.6 Å². The smallest absolute Gasteiger partial charge is 0.242 e. The molecule has 5 nitrogen and oxygen atoms in total. The second-order valence-corrected chi connectivity index (χ2v) is 5.44. The van der Waals surface area contributed by atoms with Crippen LogP contribution in [0.15, 0.2) is 6.07 Å². The van der Waals surface area contributed by atoms with Gasteiger partial charge in [-0.1, -0.05) is 13.8 Å². The van der Waals surface area contributed by atoms with Crippen LogP contribution in [0.2, 0.25) is 0 Å². The predicted molar refractivity (Wildman–Crippen MR) is 77.2 cm³/mol. The average Bonchev–Trinajstić information content (AvgIpc) is 2.26. The maximum atomic E-state index is 11.8. The summed E-state index contributed by atoms with van der Waals surface area (Å²) in [6.45, 7) is 11.7. The first-order chi connectivity index (χ1) is 8.79. The Hall–Kier alpha value is -1.65. The highest BCUT2D eigenvalue weighted by atomic mass is 16.2. The Balaban J connectivity index is 2.79. The summed E-state index contributed by atoms with van der Waals surface area (Å²) >= 11 is 0. The number of aromatic nitrogens is 2. The van der Waals surface area contributed by atoms with E-state index < -0.39 is 0 Å². The summed E-state index contributed by atoms with van der Waals surface area (Å²) in [5, 5.41) is 5.99. The van der Waals surface area contributed by atoms with Gasteiger partial charge in [0, 0.05) is 23.7 Å². The van der Waals surface area contributed by atoms with Crippen LogP contribution in [-0.4, -0.2) is 28.0 Å². The number of nitrogens with one attached hydrogen (secondary N) is 2. The van der Waals surface area contributed by atoms with Crippen molar-refractivity contribution in [3.8, 4) is 0 Å². The number of aryl methyl sites for hydroxylation is 1. The number of carbonyl (C=O) groups is 1. The Labute approximate surface area is 115 Å². The molecule has 19 heavy (non-hydrogen) atoms. The zero-order chi connectivity index (χ0) is 14.6. The van der Waals surface area contributed by atoms with Crippen molar-refractivity contribution < 1.29 is 4.79 Å². The number of anilines is 1. The summed E-state index contributed by atoms with van der Waals surface area (Å²) < 4.78 is 0. The fourth-order valence-electron chi connectivity index (χ4n) is 1.62. The number of hydrogen-bond acceptors (Lipinski definition) is 4. The first-order valence-corrected chi connectivity index (χ1v) is 6.72. The molecule has 0 aliphatic heterocycles. The Morgan fingerprint density at radius 1 is 1.16 bits per heavy atom. The van der Waals surface area contributed by atoms with Crippen LogP contribution < -0.4 is 10.6 Å². The fourth-order valence-corrected chi connectivity index (χ4v) is 1.62. The van der Waals surface area contributed by atoms with Crippen LogP contribution in [0.5, 0.6) is 0 Å². The molecule has 0 bridgehead atoms. The lowest BCUT2D eigenvalue weighted by molar-refractivity contribution is -0.122. The molecule has 0 saturated carbocycles. The molecule has 0 fully saturated rings. The maximum Gasteiger partial charge on any atom is 0.242 e. The van der Waals surface area contributed by atoms with Crippen molar-refractivity contribution in [3.63, 3.8) is 0 Å². The van der Waals surface area contributed by atoms with E-state index in [0.29, 0.717) is 5.82 Å². The molecule has 2 N–H and O–H groups in total. The Kier molecular flexibility index (Phi) is 5.27. The molecule has 0 radical (unpaired) electrons. The molecule has 5 heteroatoms. The van der Waals surface area contributed by atoms with Gasteiger partial charge < -0.3 is 10.6 Å². The predicted octanol–water partition coefficient (Wildman–Crippen LogP) is 2.23. The van der Waals surface area contributed by atoms with E-state index in [1.165, 1.54) is 0 Å². The monoisotopic (exact) mass is 264 g/mol. The van der Waals surface area contributed by atoms with Crippen molar-refractivity contribution in [3.05, 3.63) is 17.6 Å². The molecule has 0 spiro atoms. The second kappa shape index (κ2) is 6.50. The summed E-state index contributed by atoms with van der Waals surface area (Å²) in [7, 11) is 0. The van der Waals surface area contributed by atoms with Crippen molar-refractivity contribution in [2.75, 3.05) is 5.32 Å². The Morgan fingerprint density at radius 3 is 2.32 bits per heavy atom. The normalized spacial score (nSPS) is 12.6. The van der Waals surface area contributed by atoms with Gasteiger partial charge in [-0.3, -0.25) is 4.79 Å². The molecule has 1 atom stereocenters. The van der Waals surface area contributed by atoms with Crippen LogP contribution >= 0.6 is 0 Å². The van der Waals surface area contributed by atoms with Crippen LogP contribution in [0.25, 0.3) is 0 Å². The lowest BCUT2D eigenvalue weighted by Gasteiger charge is -2.17. The first kappa shape index (κ1) is 15.4. The molecule has 1 unspecified atom stereocenters. The molecule has 1 amide bonds. The van der Waals surface area contributed by atoms with E-state index in [1.54, 1.807) is 0 Å². The van der Waals surface area contributed by atoms with Gasteiger partial charge in [0.2, 0.25) is 5.91 Å². The standard InChI is InChI=1S/C14H24N4O/c1-8(2)13-16-10(5)7-12(18-13)17-11(6)14(19)15-9(3)4/h7-9,11H,1-6H3,(H,15,19)(H,16,17,18). The van der Waals surface area contributed by atoms with E-state index in [-0.39, 0.29) is 23.9 Å². The van der Waals surface area contributed by atoms with E-state index in [9.17, 15) is 4.79 Å². The minimum absolute atomic E-state index is 0.0302. The molecule has 106 valence electrons. The molecule has 1 aromatic heterocycles. The zero-order valence-corrected chi connectivity index (χ0v) is 12.6. The van der Waals surface area contributed by atoms with Gasteiger partial charge in [0.15, 0.2) is 0 Å². The molecular formula is C14H24N4O. The Morgan fingerprint density at radius 2 is 1.79 bits per heavy atom. The zero-order valence-electron chi connectivity index (χ0n) is 12.6. The summed E-state index contributed by atoms with van der Waals surface area (Å²) in [5.74, 6) is 1.72. The van der Waals surface area contributed by atoms with Crippen LogP contribution in [0.4, 0.5) is 5.82 Å². The molecule has 0 aliphatic carbocycles. The highest BCUT2D eigenvalue weighted by molar-refractivity contribution is 5.84. The van der Waals surface area contributed by atoms with E-state index >= 15 is 0 Å². The molecule has 0 aromatic carbocycles. The van der Waals surface area contributed by atoms with Crippen molar-refractivity contribution >= 4 is 11.7 Å². The van der Waals surface area contributed by atoms with Gasteiger partial charge in [-0.15, -0.1) is 0 Å². The lowest BCUT2D eigenvalue weighted by Crippen LogP contribution is -2.41. The van der Waals surface area contributed by atoms with Crippen molar-refractivity contribution in [1.82, 2.24) is 15.3 Å². The van der Waals surface area contributed by atoms with Gasteiger partial charge in [-0.2, -0.15) is 0 Å². The third kappa shape index (κ3) is 4.85. The minimum Gasteiger partial charge on any atom is -0.359 e. The van der Waals surface area contributed by atoms with E-state index in [0.717, 1.165) is 11.5 Å². The highest BCUT2D eigenvalue weighted by Gasteiger charge is 2.15. The number of amides is 1. The molecule has 0 saturated heterocycles. The molecule has 1 heterocycles. The molecular weight excluding hydrogens is 240 g/mol. The van der Waals surface area contributed by atoms with Gasteiger partial charge in [0.25, 0.3) is 0 Å². The lowest BCUT2D eigenvalue weighted by atomic mass is 10.2. The van der Waals surface area contributed by atoms with Crippen LogP contribution in [-0.2, 0) is 4.79 Å². The maximum absolute atomic E-state index is 11.8. The van der Waals surface area contributed by atoms with E-state index in [2.05, 4.69) is 20.6 Å². The highest BCUT2D eigenvalue weighted by Crippen LogP contribution is 2.14. The van der Waals surface area contributed by atoms with Crippen LogP contribution in [0.3, 0.4) is 0 Å². The molecule has 1 aromatic rings. The summed E-state index contributed by atoms with van der Waals surface area (Å²) in [6.07, 6.45) is 0. The third-order valence-electron chi connectivity index (χ3n) is 2.58.